The minimum Gasteiger partial charge on any atom is -0.370 e. The van der Waals surface area contributed by atoms with E-state index in [2.05, 4.69) is 31.8 Å². The molecule has 0 aromatic carbocycles. The zero-order valence-electron chi connectivity index (χ0n) is 14.5. The summed E-state index contributed by atoms with van der Waals surface area (Å²) < 4.78 is 0. The molecule has 128 valence electrons. The summed E-state index contributed by atoms with van der Waals surface area (Å²) in [6.45, 7) is 5.45. The van der Waals surface area contributed by atoms with E-state index in [-0.39, 0.29) is 11.2 Å². The molecule has 25 heavy (non-hydrogen) atoms. The Hall–Kier alpha value is -2.76. The molecule has 0 aliphatic carbocycles. The molecule has 1 fully saturated rings. The first-order valence-corrected chi connectivity index (χ1v) is 8.56. The molecule has 0 amide bonds. The van der Waals surface area contributed by atoms with E-state index in [1.54, 1.807) is 6.92 Å². The summed E-state index contributed by atoms with van der Waals surface area (Å²) in [6.07, 6.45) is 10.9. The lowest BCUT2D eigenvalue weighted by Crippen LogP contribution is -2.45. The molecule has 3 aromatic rings. The van der Waals surface area contributed by atoms with E-state index in [1.165, 1.54) is 6.33 Å². The van der Waals surface area contributed by atoms with Crippen LogP contribution in [0.5, 0.6) is 0 Å². The van der Waals surface area contributed by atoms with Crippen molar-refractivity contribution < 1.29 is 4.79 Å². The van der Waals surface area contributed by atoms with Crippen molar-refractivity contribution in [3.05, 3.63) is 37.2 Å². The van der Waals surface area contributed by atoms with Gasteiger partial charge in [-0.15, -0.1) is 0 Å². The van der Waals surface area contributed by atoms with Crippen molar-refractivity contribution in [1.29, 1.82) is 0 Å². The predicted molar refractivity (Wildman–Crippen MR) is 97.4 cm³/mol. The van der Waals surface area contributed by atoms with E-state index in [4.69, 9.17) is 0 Å². The van der Waals surface area contributed by atoms with Gasteiger partial charge in [0.2, 0.25) is 0 Å². The number of pyridine rings is 1. The summed E-state index contributed by atoms with van der Waals surface area (Å²) in [7, 11) is 0. The third kappa shape index (κ3) is 2.67. The molecule has 0 spiro atoms. The number of aromatic nitrogens is 4. The Bertz CT molecular complexity index is 920. The Kier molecular flexibility index (Phi) is 3.75. The Balaban J connectivity index is 1.83. The Morgan fingerprint density at radius 2 is 2.12 bits per heavy atom. The third-order valence-corrected chi connectivity index (χ3v) is 5.31. The predicted octanol–water partition coefficient (Wildman–Crippen LogP) is 3.22. The van der Waals surface area contributed by atoms with Crippen LogP contribution in [-0.4, -0.2) is 38.8 Å². The summed E-state index contributed by atoms with van der Waals surface area (Å²) in [5, 5.41) is 1.06. The molecule has 1 unspecified atom stereocenters. The van der Waals surface area contributed by atoms with Crippen LogP contribution in [0.2, 0.25) is 0 Å². The van der Waals surface area contributed by atoms with Crippen LogP contribution in [0.4, 0.5) is 5.69 Å². The molecule has 1 saturated heterocycles. The molecule has 1 atom stereocenters. The summed E-state index contributed by atoms with van der Waals surface area (Å²) in [5.74, 6) is 0.258. The van der Waals surface area contributed by atoms with Gasteiger partial charge in [-0.2, -0.15) is 0 Å². The number of hydrogen-bond donors (Lipinski definition) is 1. The number of rotatable bonds is 3. The molecule has 1 aliphatic rings. The summed E-state index contributed by atoms with van der Waals surface area (Å²) >= 11 is 0. The summed E-state index contributed by atoms with van der Waals surface area (Å²) in [6, 6.07) is 2.04. The average molecular weight is 335 g/mol. The van der Waals surface area contributed by atoms with Crippen LogP contribution >= 0.6 is 0 Å². The van der Waals surface area contributed by atoms with Gasteiger partial charge in [0.25, 0.3) is 0 Å². The highest BCUT2D eigenvalue weighted by atomic mass is 16.1. The second-order valence-corrected chi connectivity index (χ2v) is 7.03. The third-order valence-electron chi connectivity index (χ3n) is 5.31. The fraction of sp³-hybridized carbons (Fsp3) is 0.368. The normalized spacial score (nSPS) is 20.8. The van der Waals surface area contributed by atoms with Crippen molar-refractivity contribution in [1.82, 2.24) is 19.9 Å². The smallest absolute Gasteiger partial charge is 0.139 e. The molecule has 4 heterocycles. The van der Waals surface area contributed by atoms with Crippen molar-refractivity contribution in [2.24, 2.45) is 5.41 Å². The highest BCUT2D eigenvalue weighted by Crippen LogP contribution is 2.38. The van der Waals surface area contributed by atoms with E-state index in [0.29, 0.717) is 0 Å². The molecule has 1 aliphatic heterocycles. The van der Waals surface area contributed by atoms with Crippen LogP contribution in [0.1, 0.15) is 26.7 Å². The van der Waals surface area contributed by atoms with Gasteiger partial charge in [-0.3, -0.25) is 4.79 Å². The number of Topliss-reactive ketones (excluding diaryl/α,β-unsaturated/α-hetero) is 1. The van der Waals surface area contributed by atoms with Crippen LogP contribution in [-0.2, 0) is 4.79 Å². The van der Waals surface area contributed by atoms with Crippen LogP contribution in [0.25, 0.3) is 22.2 Å². The number of nitrogens with zero attached hydrogens (tertiary/aromatic N) is 4. The molecule has 0 saturated carbocycles. The fourth-order valence-electron chi connectivity index (χ4n) is 3.70. The Morgan fingerprint density at radius 1 is 1.32 bits per heavy atom. The quantitative estimate of drug-likeness (QED) is 0.795. The largest absolute Gasteiger partial charge is 0.370 e. The van der Waals surface area contributed by atoms with E-state index >= 15 is 0 Å². The lowest BCUT2D eigenvalue weighted by Gasteiger charge is -2.40. The van der Waals surface area contributed by atoms with Gasteiger partial charge in [0, 0.05) is 60.1 Å². The second-order valence-electron chi connectivity index (χ2n) is 7.03. The number of carbonyl (C=O) groups is 1. The average Bonchev–Trinajstić information content (AvgIpc) is 3.06. The molecule has 1 N–H and O–H groups in total. The van der Waals surface area contributed by atoms with Gasteiger partial charge in [-0.1, -0.05) is 6.92 Å². The van der Waals surface area contributed by atoms with E-state index < -0.39 is 0 Å². The summed E-state index contributed by atoms with van der Waals surface area (Å²) in [4.78, 5) is 30.4. The maximum absolute atomic E-state index is 12.1. The zero-order valence-corrected chi connectivity index (χ0v) is 14.5. The molecule has 6 nitrogen and oxygen atoms in total. The SMILES string of the molecule is CC(=O)C1(C)CCCN(c2ccnc3[nH]cc(-c4cncnc4)c23)C1. The zero-order chi connectivity index (χ0) is 17.4. The van der Waals surface area contributed by atoms with Crippen LogP contribution < -0.4 is 4.90 Å². The monoisotopic (exact) mass is 335 g/mol. The topological polar surface area (TPSA) is 74.8 Å². The molecule has 0 radical (unpaired) electrons. The van der Waals surface area contributed by atoms with Crippen molar-refractivity contribution in [3.8, 4) is 11.1 Å². The highest BCUT2D eigenvalue weighted by Gasteiger charge is 2.36. The van der Waals surface area contributed by atoms with Gasteiger partial charge in [-0.05, 0) is 25.8 Å². The van der Waals surface area contributed by atoms with Crippen molar-refractivity contribution in [3.63, 3.8) is 0 Å². The van der Waals surface area contributed by atoms with E-state index in [1.807, 2.05) is 30.9 Å². The lowest BCUT2D eigenvalue weighted by atomic mass is 9.78. The Morgan fingerprint density at radius 3 is 2.88 bits per heavy atom. The minimum atomic E-state index is -0.291. The van der Waals surface area contributed by atoms with Crippen LogP contribution in [0.3, 0.4) is 0 Å². The van der Waals surface area contributed by atoms with Crippen LogP contribution in [0.15, 0.2) is 37.2 Å². The first-order valence-electron chi connectivity index (χ1n) is 8.56. The second kappa shape index (κ2) is 5.95. The minimum absolute atomic E-state index is 0.258. The number of H-pyrrole nitrogens is 1. The Labute approximate surface area is 146 Å². The van der Waals surface area contributed by atoms with Crippen molar-refractivity contribution in [2.45, 2.75) is 26.7 Å². The van der Waals surface area contributed by atoms with E-state index in [0.717, 1.165) is 53.8 Å². The lowest BCUT2D eigenvalue weighted by molar-refractivity contribution is -0.126. The fourth-order valence-corrected chi connectivity index (χ4v) is 3.70. The van der Waals surface area contributed by atoms with Crippen molar-refractivity contribution in [2.75, 3.05) is 18.0 Å². The highest BCUT2D eigenvalue weighted by molar-refractivity contribution is 6.02. The van der Waals surface area contributed by atoms with Gasteiger partial charge >= 0.3 is 0 Å². The number of hydrogen-bond acceptors (Lipinski definition) is 5. The summed E-state index contributed by atoms with van der Waals surface area (Å²) in [5.41, 5.74) is 3.65. The van der Waals surface area contributed by atoms with Gasteiger partial charge < -0.3 is 9.88 Å². The first-order chi connectivity index (χ1) is 12.1. The number of aromatic amines is 1. The maximum Gasteiger partial charge on any atom is 0.139 e. The maximum atomic E-state index is 12.1. The van der Waals surface area contributed by atoms with Gasteiger partial charge in [0.05, 0.1) is 5.39 Å². The number of piperidine rings is 1. The first kappa shape index (κ1) is 15.7. The van der Waals surface area contributed by atoms with Gasteiger partial charge in [0.1, 0.15) is 17.8 Å². The number of nitrogens with one attached hydrogen (secondary N) is 1. The number of fused-ring (bicyclic) bond motifs is 1. The van der Waals surface area contributed by atoms with Gasteiger partial charge in [0.15, 0.2) is 0 Å². The molecule has 6 heteroatoms. The van der Waals surface area contributed by atoms with Crippen LogP contribution in [0, 0.1) is 5.41 Å². The van der Waals surface area contributed by atoms with Crippen molar-refractivity contribution >= 4 is 22.5 Å². The standard InChI is InChI=1S/C19H21N5O/c1-13(25)19(2)5-3-7-24(11-19)16-4-6-22-18-17(16)15(10-23-18)14-8-20-12-21-9-14/h4,6,8-10,12H,3,5,7,11H2,1-2H3,(H,22,23). The molecular formula is C19H21N5O. The molecule has 3 aromatic heterocycles. The van der Waals surface area contributed by atoms with Gasteiger partial charge in [-0.25, -0.2) is 15.0 Å². The number of carbonyl (C=O) groups excluding carboxylic acids is 1. The molecular weight excluding hydrogens is 314 g/mol. The van der Waals surface area contributed by atoms with E-state index in [9.17, 15) is 4.79 Å². The molecule has 4 rings (SSSR count). The molecule has 0 bridgehead atoms. The number of anilines is 1. The number of ketones is 1.